The summed E-state index contributed by atoms with van der Waals surface area (Å²) in [5, 5.41) is 12.6. The summed E-state index contributed by atoms with van der Waals surface area (Å²) in [6, 6.07) is 9.34. The highest BCUT2D eigenvalue weighted by molar-refractivity contribution is 9.10. The molecule has 19 heavy (non-hydrogen) atoms. The Kier molecular flexibility index (Phi) is 3.97. The molecule has 0 aliphatic heterocycles. The number of nitrogens with one attached hydrogen (secondary N) is 1. The van der Waals surface area contributed by atoms with E-state index in [-0.39, 0.29) is 11.7 Å². The number of carbonyl (C=O) groups excluding carboxylic acids is 1. The van der Waals surface area contributed by atoms with Crippen molar-refractivity contribution in [3.63, 3.8) is 0 Å². The Bertz CT molecular complexity index is 647. The van der Waals surface area contributed by atoms with Crippen molar-refractivity contribution in [2.24, 2.45) is 0 Å². The molecule has 0 unspecified atom stereocenters. The van der Waals surface area contributed by atoms with Crippen molar-refractivity contribution in [3.8, 4) is 5.75 Å². The third-order valence-corrected chi connectivity index (χ3v) is 3.30. The van der Waals surface area contributed by atoms with Gasteiger partial charge in [-0.25, -0.2) is 0 Å². The molecule has 0 aliphatic carbocycles. The topological polar surface area (TPSA) is 75.4 Å². The highest BCUT2D eigenvalue weighted by Gasteiger charge is 2.10. The van der Waals surface area contributed by atoms with Crippen LogP contribution in [0.5, 0.6) is 5.75 Å². The van der Waals surface area contributed by atoms with Crippen molar-refractivity contribution in [2.45, 2.75) is 0 Å². The first kappa shape index (κ1) is 13.7. The molecule has 2 aromatic rings. The Morgan fingerprint density at radius 3 is 2.68 bits per heavy atom. The molecule has 0 saturated heterocycles. The molecule has 4 nitrogen and oxygen atoms in total. The van der Waals surface area contributed by atoms with E-state index in [1.807, 2.05) is 0 Å². The number of aromatic hydroxyl groups is 1. The number of nitrogen functional groups attached to an aromatic ring is 1. The number of amides is 1. The summed E-state index contributed by atoms with van der Waals surface area (Å²) >= 11 is 9.05. The summed E-state index contributed by atoms with van der Waals surface area (Å²) in [4.78, 5) is 12.0. The number of phenolic OH excluding ortho intramolecular Hbond substituents is 1. The normalized spacial score (nSPS) is 10.2. The Morgan fingerprint density at radius 2 is 2.00 bits per heavy atom. The molecule has 2 aromatic carbocycles. The van der Waals surface area contributed by atoms with Crippen molar-refractivity contribution < 1.29 is 9.90 Å². The average Bonchev–Trinajstić information content (AvgIpc) is 2.37. The lowest BCUT2D eigenvalue weighted by Gasteiger charge is -2.08. The van der Waals surface area contributed by atoms with Gasteiger partial charge in [-0.1, -0.05) is 27.5 Å². The van der Waals surface area contributed by atoms with Crippen LogP contribution in [0.4, 0.5) is 11.4 Å². The summed E-state index contributed by atoms with van der Waals surface area (Å²) in [5.41, 5.74) is 6.64. The predicted octanol–water partition coefficient (Wildman–Crippen LogP) is 3.64. The van der Waals surface area contributed by atoms with Crippen molar-refractivity contribution in [2.75, 3.05) is 11.1 Å². The summed E-state index contributed by atoms with van der Waals surface area (Å²) in [5.74, 6) is -0.393. The molecule has 1 amide bonds. The molecule has 0 spiro atoms. The van der Waals surface area contributed by atoms with E-state index in [9.17, 15) is 9.90 Å². The fourth-order valence-corrected chi connectivity index (χ4v) is 1.97. The van der Waals surface area contributed by atoms with E-state index in [1.54, 1.807) is 24.3 Å². The second kappa shape index (κ2) is 5.50. The molecule has 0 atom stereocenters. The molecule has 4 N–H and O–H groups in total. The summed E-state index contributed by atoms with van der Waals surface area (Å²) in [7, 11) is 0. The summed E-state index contributed by atoms with van der Waals surface area (Å²) < 4.78 is 0.747. The minimum absolute atomic E-state index is 0.0153. The first-order valence-corrected chi connectivity index (χ1v) is 6.49. The highest BCUT2D eigenvalue weighted by Crippen LogP contribution is 2.27. The maximum absolute atomic E-state index is 12.0. The predicted molar refractivity (Wildman–Crippen MR) is 79.6 cm³/mol. The van der Waals surface area contributed by atoms with E-state index >= 15 is 0 Å². The fourth-order valence-electron chi connectivity index (χ4n) is 1.49. The SMILES string of the molecule is Nc1cc(C(=O)Nc2cc(Br)ccc2O)ccc1Cl. The van der Waals surface area contributed by atoms with Gasteiger partial charge in [-0.15, -0.1) is 0 Å². The average molecular weight is 342 g/mol. The highest BCUT2D eigenvalue weighted by atomic mass is 79.9. The van der Waals surface area contributed by atoms with E-state index in [0.29, 0.717) is 22.0 Å². The third kappa shape index (κ3) is 3.19. The van der Waals surface area contributed by atoms with Gasteiger partial charge in [0.25, 0.3) is 5.91 Å². The lowest BCUT2D eigenvalue weighted by molar-refractivity contribution is 0.102. The van der Waals surface area contributed by atoms with Gasteiger partial charge in [0.1, 0.15) is 5.75 Å². The minimum Gasteiger partial charge on any atom is -0.506 e. The first-order chi connectivity index (χ1) is 8.97. The zero-order valence-electron chi connectivity index (χ0n) is 9.65. The van der Waals surface area contributed by atoms with Gasteiger partial charge in [0.15, 0.2) is 0 Å². The zero-order chi connectivity index (χ0) is 14.0. The molecule has 0 aromatic heterocycles. The van der Waals surface area contributed by atoms with Crippen molar-refractivity contribution in [1.82, 2.24) is 0 Å². The van der Waals surface area contributed by atoms with Crippen molar-refractivity contribution in [3.05, 3.63) is 51.5 Å². The molecular weight excluding hydrogens is 332 g/mol. The lowest BCUT2D eigenvalue weighted by Crippen LogP contribution is -2.12. The van der Waals surface area contributed by atoms with Crippen LogP contribution in [0.25, 0.3) is 0 Å². The molecule has 0 aliphatic rings. The van der Waals surface area contributed by atoms with Gasteiger partial charge in [0, 0.05) is 10.0 Å². The molecule has 6 heteroatoms. The lowest BCUT2D eigenvalue weighted by atomic mass is 10.2. The Labute approximate surface area is 123 Å². The maximum Gasteiger partial charge on any atom is 0.255 e. The van der Waals surface area contributed by atoms with Gasteiger partial charge in [-0.2, -0.15) is 0 Å². The van der Waals surface area contributed by atoms with Crippen LogP contribution in [0.3, 0.4) is 0 Å². The molecule has 0 radical (unpaired) electrons. The van der Waals surface area contributed by atoms with Crippen LogP contribution in [0.15, 0.2) is 40.9 Å². The van der Waals surface area contributed by atoms with Crippen LogP contribution in [-0.4, -0.2) is 11.0 Å². The van der Waals surface area contributed by atoms with E-state index < -0.39 is 0 Å². The number of phenols is 1. The number of benzene rings is 2. The maximum atomic E-state index is 12.0. The third-order valence-electron chi connectivity index (χ3n) is 2.46. The van der Waals surface area contributed by atoms with Gasteiger partial charge in [0.05, 0.1) is 16.4 Å². The van der Waals surface area contributed by atoms with Crippen LogP contribution >= 0.6 is 27.5 Å². The van der Waals surface area contributed by atoms with Crippen LogP contribution in [-0.2, 0) is 0 Å². The molecular formula is C13H10BrClN2O2. The fraction of sp³-hybridized carbons (Fsp3) is 0. The molecule has 0 bridgehead atoms. The van der Waals surface area contributed by atoms with Crippen LogP contribution < -0.4 is 11.1 Å². The van der Waals surface area contributed by atoms with E-state index in [1.165, 1.54) is 12.1 Å². The van der Waals surface area contributed by atoms with Crippen molar-refractivity contribution >= 4 is 44.8 Å². The zero-order valence-corrected chi connectivity index (χ0v) is 12.0. The van der Waals surface area contributed by atoms with Gasteiger partial charge in [0.2, 0.25) is 0 Å². The minimum atomic E-state index is -0.378. The number of nitrogens with two attached hydrogens (primary N) is 1. The smallest absolute Gasteiger partial charge is 0.255 e. The van der Waals surface area contributed by atoms with Gasteiger partial charge >= 0.3 is 0 Å². The molecule has 0 saturated carbocycles. The number of anilines is 2. The van der Waals surface area contributed by atoms with Crippen molar-refractivity contribution in [1.29, 1.82) is 0 Å². The van der Waals surface area contributed by atoms with Gasteiger partial charge in [-0.3, -0.25) is 4.79 Å². The van der Waals surface area contributed by atoms with E-state index in [2.05, 4.69) is 21.2 Å². The van der Waals surface area contributed by atoms with Crippen LogP contribution in [0.1, 0.15) is 10.4 Å². The number of rotatable bonds is 2. The number of hydrogen-bond donors (Lipinski definition) is 3. The Balaban J connectivity index is 2.25. The number of carbonyl (C=O) groups is 1. The van der Waals surface area contributed by atoms with Crippen LogP contribution in [0, 0.1) is 0 Å². The molecule has 0 fully saturated rings. The molecule has 0 heterocycles. The summed E-state index contributed by atoms with van der Waals surface area (Å²) in [6.45, 7) is 0. The quantitative estimate of drug-likeness (QED) is 0.576. The van der Waals surface area contributed by atoms with Crippen LogP contribution in [0.2, 0.25) is 5.02 Å². The van der Waals surface area contributed by atoms with Gasteiger partial charge in [-0.05, 0) is 36.4 Å². The largest absolute Gasteiger partial charge is 0.506 e. The number of halogens is 2. The molecule has 98 valence electrons. The van der Waals surface area contributed by atoms with Gasteiger partial charge < -0.3 is 16.2 Å². The Morgan fingerprint density at radius 1 is 1.26 bits per heavy atom. The van der Waals surface area contributed by atoms with E-state index in [0.717, 1.165) is 4.47 Å². The van der Waals surface area contributed by atoms with E-state index in [4.69, 9.17) is 17.3 Å². The second-order valence-corrected chi connectivity index (χ2v) is 5.17. The summed E-state index contributed by atoms with van der Waals surface area (Å²) in [6.07, 6.45) is 0. The molecule has 2 rings (SSSR count). The number of hydrogen-bond acceptors (Lipinski definition) is 3. The Hall–Kier alpha value is -1.72. The standard InChI is InChI=1S/C13H10BrClN2O2/c14-8-2-4-12(18)11(6-8)17-13(19)7-1-3-9(15)10(16)5-7/h1-6,18H,16H2,(H,17,19). The second-order valence-electron chi connectivity index (χ2n) is 3.85. The first-order valence-electron chi connectivity index (χ1n) is 5.32. The monoisotopic (exact) mass is 340 g/mol.